The number of carbonyl (C=O) groups excluding carboxylic acids is 1. The Morgan fingerprint density at radius 2 is 1.96 bits per heavy atom. The van der Waals surface area contributed by atoms with Crippen LogP contribution < -0.4 is 5.32 Å². The Bertz CT molecular complexity index is 712. The molecule has 2 aromatic rings. The van der Waals surface area contributed by atoms with Crippen LogP contribution in [0.25, 0.3) is 11.0 Å². The van der Waals surface area contributed by atoms with Crippen LogP contribution in [0.5, 0.6) is 0 Å². The molecule has 3 rings (SSSR count). The van der Waals surface area contributed by atoms with Crippen molar-refractivity contribution in [2.75, 3.05) is 26.7 Å². The van der Waals surface area contributed by atoms with E-state index in [1.54, 1.807) is 6.26 Å². The maximum absolute atomic E-state index is 12.7. The number of nitrogens with zero attached hydrogens (tertiary/aromatic N) is 1. The van der Waals surface area contributed by atoms with Crippen molar-refractivity contribution in [2.24, 2.45) is 5.92 Å². The van der Waals surface area contributed by atoms with E-state index in [0.29, 0.717) is 6.42 Å². The van der Waals surface area contributed by atoms with Gasteiger partial charge in [0.2, 0.25) is 5.91 Å². The lowest BCUT2D eigenvalue weighted by atomic mass is 9.93. The zero-order chi connectivity index (χ0) is 17.1. The topological polar surface area (TPSA) is 45.5 Å². The molecule has 0 saturated carbocycles. The number of nitrogens with one attached hydrogen (secondary N) is 1. The number of amides is 1. The summed E-state index contributed by atoms with van der Waals surface area (Å²) in [7, 11) is 2.00. The maximum Gasteiger partial charge on any atom is 0.227 e. The molecule has 1 saturated heterocycles. The van der Waals surface area contributed by atoms with E-state index in [2.05, 4.69) is 31.3 Å². The van der Waals surface area contributed by atoms with Crippen molar-refractivity contribution in [3.63, 3.8) is 0 Å². The van der Waals surface area contributed by atoms with E-state index in [0.717, 1.165) is 54.9 Å². The Labute approximate surface area is 144 Å². The SMILES string of the molecule is CNCCC1CCN(C(=O)Cc2coc3cc(C)c(C)cc23)CC1. The summed E-state index contributed by atoms with van der Waals surface area (Å²) in [5.74, 6) is 0.977. The molecule has 0 radical (unpaired) electrons. The highest BCUT2D eigenvalue weighted by Crippen LogP contribution is 2.26. The Hall–Kier alpha value is -1.81. The first-order valence-corrected chi connectivity index (χ1v) is 8.98. The molecule has 4 heteroatoms. The Morgan fingerprint density at radius 3 is 2.67 bits per heavy atom. The van der Waals surface area contributed by atoms with Gasteiger partial charge in [-0.2, -0.15) is 0 Å². The lowest BCUT2D eigenvalue weighted by Crippen LogP contribution is -2.39. The van der Waals surface area contributed by atoms with Crippen LogP contribution in [0.3, 0.4) is 0 Å². The highest BCUT2D eigenvalue weighted by Gasteiger charge is 2.23. The van der Waals surface area contributed by atoms with Crippen LogP contribution >= 0.6 is 0 Å². The summed E-state index contributed by atoms with van der Waals surface area (Å²) in [5, 5.41) is 4.29. The number of rotatable bonds is 5. The van der Waals surface area contributed by atoms with E-state index in [1.807, 2.05) is 11.9 Å². The number of piperidine rings is 1. The average Bonchev–Trinajstić information content (AvgIpc) is 2.95. The summed E-state index contributed by atoms with van der Waals surface area (Å²) in [5.41, 5.74) is 4.35. The van der Waals surface area contributed by atoms with Gasteiger partial charge >= 0.3 is 0 Å². The third-order valence-electron chi connectivity index (χ3n) is 5.38. The Kier molecular flexibility index (Phi) is 5.24. The van der Waals surface area contributed by atoms with Gasteiger partial charge in [-0.1, -0.05) is 0 Å². The summed E-state index contributed by atoms with van der Waals surface area (Å²) >= 11 is 0. The standard InChI is InChI=1S/C20H28N2O2/c1-14-10-18-17(13-24-19(18)11-15(14)2)12-20(23)22-8-5-16(6-9-22)4-7-21-3/h10-11,13,16,21H,4-9,12H2,1-3H3. The van der Waals surface area contributed by atoms with Gasteiger partial charge in [0.25, 0.3) is 0 Å². The number of carbonyl (C=O) groups is 1. The molecule has 0 bridgehead atoms. The minimum Gasteiger partial charge on any atom is -0.464 e. The van der Waals surface area contributed by atoms with E-state index in [4.69, 9.17) is 4.42 Å². The fourth-order valence-corrected chi connectivity index (χ4v) is 3.57. The smallest absolute Gasteiger partial charge is 0.227 e. The molecule has 4 nitrogen and oxygen atoms in total. The van der Waals surface area contributed by atoms with Gasteiger partial charge in [0.15, 0.2) is 0 Å². The molecular weight excluding hydrogens is 300 g/mol. The van der Waals surface area contributed by atoms with Crippen molar-refractivity contribution < 1.29 is 9.21 Å². The van der Waals surface area contributed by atoms with Gasteiger partial charge in [0.1, 0.15) is 5.58 Å². The van der Waals surface area contributed by atoms with E-state index in [-0.39, 0.29) is 5.91 Å². The minimum atomic E-state index is 0.225. The predicted octanol–water partition coefficient (Wildman–Crippen LogP) is 3.44. The molecule has 0 spiro atoms. The van der Waals surface area contributed by atoms with Crippen molar-refractivity contribution in [2.45, 2.75) is 39.5 Å². The van der Waals surface area contributed by atoms with Crippen molar-refractivity contribution >= 4 is 16.9 Å². The van der Waals surface area contributed by atoms with E-state index in [9.17, 15) is 4.79 Å². The zero-order valence-corrected chi connectivity index (χ0v) is 15.0. The number of aryl methyl sites for hydroxylation is 2. The molecule has 1 aromatic heterocycles. The molecule has 130 valence electrons. The molecule has 1 N–H and O–H groups in total. The van der Waals surface area contributed by atoms with Crippen molar-refractivity contribution in [1.82, 2.24) is 10.2 Å². The van der Waals surface area contributed by atoms with Gasteiger partial charge in [-0.3, -0.25) is 4.79 Å². The fourth-order valence-electron chi connectivity index (χ4n) is 3.57. The van der Waals surface area contributed by atoms with Crippen molar-refractivity contribution in [3.8, 4) is 0 Å². The molecule has 0 unspecified atom stereocenters. The molecule has 1 fully saturated rings. The normalized spacial score (nSPS) is 16.0. The summed E-state index contributed by atoms with van der Waals surface area (Å²) in [4.78, 5) is 14.7. The fraction of sp³-hybridized carbons (Fsp3) is 0.550. The van der Waals surface area contributed by atoms with Crippen LogP contribution in [0.1, 0.15) is 36.0 Å². The molecule has 1 aliphatic rings. The van der Waals surface area contributed by atoms with Gasteiger partial charge < -0.3 is 14.6 Å². The van der Waals surface area contributed by atoms with Gasteiger partial charge in [-0.15, -0.1) is 0 Å². The maximum atomic E-state index is 12.7. The van der Waals surface area contributed by atoms with E-state index in [1.165, 1.54) is 17.5 Å². The summed E-state index contributed by atoms with van der Waals surface area (Å²) in [6.45, 7) is 7.03. The van der Waals surface area contributed by atoms with Crippen molar-refractivity contribution in [1.29, 1.82) is 0 Å². The lowest BCUT2D eigenvalue weighted by molar-refractivity contribution is -0.131. The first-order valence-electron chi connectivity index (χ1n) is 8.98. The van der Waals surface area contributed by atoms with Crippen LogP contribution in [0, 0.1) is 19.8 Å². The van der Waals surface area contributed by atoms with Crippen LogP contribution in [-0.2, 0) is 11.2 Å². The molecular formula is C20H28N2O2. The average molecular weight is 328 g/mol. The minimum absolute atomic E-state index is 0.225. The second kappa shape index (κ2) is 7.39. The highest BCUT2D eigenvalue weighted by molar-refractivity contribution is 5.88. The Morgan fingerprint density at radius 1 is 1.25 bits per heavy atom. The second-order valence-electron chi connectivity index (χ2n) is 7.09. The van der Waals surface area contributed by atoms with Crippen LogP contribution in [-0.4, -0.2) is 37.5 Å². The first-order chi connectivity index (χ1) is 11.6. The lowest BCUT2D eigenvalue weighted by Gasteiger charge is -2.32. The summed E-state index contributed by atoms with van der Waals surface area (Å²) in [6.07, 6.45) is 5.65. The number of likely N-dealkylation sites (tertiary alicyclic amines) is 1. The quantitative estimate of drug-likeness (QED) is 0.914. The third kappa shape index (κ3) is 3.64. The Balaban J connectivity index is 1.63. The molecule has 24 heavy (non-hydrogen) atoms. The molecule has 2 heterocycles. The van der Waals surface area contributed by atoms with Gasteiger partial charge in [-0.05, 0) is 75.9 Å². The largest absolute Gasteiger partial charge is 0.464 e. The summed E-state index contributed by atoms with van der Waals surface area (Å²) in [6, 6.07) is 4.20. The van der Waals surface area contributed by atoms with Crippen LogP contribution in [0.4, 0.5) is 0 Å². The highest BCUT2D eigenvalue weighted by atomic mass is 16.3. The number of fused-ring (bicyclic) bond motifs is 1. The van der Waals surface area contributed by atoms with Gasteiger partial charge in [0.05, 0.1) is 12.7 Å². The summed E-state index contributed by atoms with van der Waals surface area (Å²) < 4.78 is 5.66. The molecule has 1 amide bonds. The molecule has 0 atom stereocenters. The number of benzene rings is 1. The zero-order valence-electron chi connectivity index (χ0n) is 15.0. The first kappa shape index (κ1) is 17.0. The van der Waals surface area contributed by atoms with Gasteiger partial charge in [0, 0.05) is 24.0 Å². The molecule has 1 aromatic carbocycles. The predicted molar refractivity (Wildman–Crippen MR) is 97.2 cm³/mol. The number of hydrogen-bond donors (Lipinski definition) is 1. The van der Waals surface area contributed by atoms with Gasteiger partial charge in [-0.25, -0.2) is 0 Å². The molecule has 1 aliphatic heterocycles. The van der Waals surface area contributed by atoms with Crippen molar-refractivity contribution in [3.05, 3.63) is 35.1 Å². The van der Waals surface area contributed by atoms with Crippen LogP contribution in [0.2, 0.25) is 0 Å². The monoisotopic (exact) mass is 328 g/mol. The van der Waals surface area contributed by atoms with E-state index >= 15 is 0 Å². The number of furan rings is 1. The van der Waals surface area contributed by atoms with Crippen LogP contribution in [0.15, 0.2) is 22.8 Å². The molecule has 0 aliphatic carbocycles. The number of hydrogen-bond acceptors (Lipinski definition) is 3. The second-order valence-corrected chi connectivity index (χ2v) is 7.09. The third-order valence-corrected chi connectivity index (χ3v) is 5.38. The van der Waals surface area contributed by atoms with E-state index < -0.39 is 0 Å².